The first kappa shape index (κ1) is 18.8. The van der Waals surface area contributed by atoms with Crippen LogP contribution in [0.25, 0.3) is 0 Å². The van der Waals surface area contributed by atoms with Gasteiger partial charge in [0.2, 0.25) is 0 Å². The van der Waals surface area contributed by atoms with Crippen LogP contribution < -0.4 is 10.6 Å². The monoisotopic (exact) mass is 397 g/mol. The predicted molar refractivity (Wildman–Crippen MR) is 105 cm³/mol. The fourth-order valence-electron chi connectivity index (χ4n) is 2.18. The number of rotatable bonds is 7. The second-order valence-electron chi connectivity index (χ2n) is 5.58. The molecule has 0 unspecified atom stereocenters. The van der Waals surface area contributed by atoms with Gasteiger partial charge >= 0.3 is 0 Å². The first-order valence-electron chi connectivity index (χ1n) is 8.15. The second kappa shape index (κ2) is 9.65. The molecule has 2 rings (SSSR count). The van der Waals surface area contributed by atoms with Crippen LogP contribution in [-0.2, 0) is 11.2 Å². The molecule has 2 aromatic rings. The van der Waals surface area contributed by atoms with Crippen molar-refractivity contribution in [2.24, 2.45) is 0 Å². The zero-order valence-electron chi connectivity index (χ0n) is 14.1. The van der Waals surface area contributed by atoms with Gasteiger partial charge in [-0.15, -0.1) is 0 Å². The van der Waals surface area contributed by atoms with Crippen LogP contribution in [0.3, 0.4) is 0 Å². The highest BCUT2D eigenvalue weighted by Gasteiger charge is 2.09. The minimum Gasteiger partial charge on any atom is -0.360 e. The number of hydrogen-bond donors (Lipinski definition) is 2. The van der Waals surface area contributed by atoms with E-state index in [2.05, 4.69) is 33.5 Å². The number of amides is 1. The number of nitrogens with zero attached hydrogens (tertiary/aromatic N) is 1. The van der Waals surface area contributed by atoms with Gasteiger partial charge in [-0.3, -0.25) is 4.79 Å². The summed E-state index contributed by atoms with van der Waals surface area (Å²) in [6.07, 6.45) is 4.74. The lowest BCUT2D eigenvalue weighted by atomic mass is 10.1. The standard InChI is InChI=1S/C20H20BrN3O/c1-2-3-4-15-5-9-19(10-6-15)24-20(25)16(13-22)14-23-18-11-7-17(21)8-12-18/h5-12,14,23H,2-4H2,1H3,(H,24,25)/b16-14-. The van der Waals surface area contributed by atoms with Crippen molar-refractivity contribution < 1.29 is 4.79 Å². The molecule has 0 heterocycles. The van der Waals surface area contributed by atoms with E-state index in [0.29, 0.717) is 5.69 Å². The van der Waals surface area contributed by atoms with Gasteiger partial charge < -0.3 is 10.6 Å². The molecule has 0 aliphatic carbocycles. The average molecular weight is 398 g/mol. The quantitative estimate of drug-likeness (QED) is 0.495. The molecule has 0 atom stereocenters. The summed E-state index contributed by atoms with van der Waals surface area (Å²) in [6.45, 7) is 2.16. The Morgan fingerprint density at radius 2 is 1.76 bits per heavy atom. The topological polar surface area (TPSA) is 64.9 Å². The Hall–Kier alpha value is -2.58. The lowest BCUT2D eigenvalue weighted by Crippen LogP contribution is -2.14. The first-order valence-corrected chi connectivity index (χ1v) is 8.94. The number of carbonyl (C=O) groups is 1. The molecule has 0 spiro atoms. The maximum Gasteiger partial charge on any atom is 0.267 e. The van der Waals surface area contributed by atoms with E-state index < -0.39 is 5.91 Å². The Bertz CT molecular complexity index is 774. The van der Waals surface area contributed by atoms with E-state index in [1.165, 1.54) is 11.8 Å². The van der Waals surface area contributed by atoms with Gasteiger partial charge in [-0.25, -0.2) is 0 Å². The maximum atomic E-state index is 12.2. The SMILES string of the molecule is CCCCc1ccc(NC(=O)/C(C#N)=C\Nc2ccc(Br)cc2)cc1. The number of anilines is 2. The van der Waals surface area contributed by atoms with Gasteiger partial charge in [0, 0.05) is 22.0 Å². The van der Waals surface area contributed by atoms with Crippen molar-refractivity contribution in [3.05, 3.63) is 70.3 Å². The van der Waals surface area contributed by atoms with Crippen LogP contribution in [0.5, 0.6) is 0 Å². The van der Waals surface area contributed by atoms with Crippen molar-refractivity contribution in [2.45, 2.75) is 26.2 Å². The van der Waals surface area contributed by atoms with Gasteiger partial charge in [0.15, 0.2) is 0 Å². The van der Waals surface area contributed by atoms with Gasteiger partial charge in [0.1, 0.15) is 11.6 Å². The van der Waals surface area contributed by atoms with Crippen molar-refractivity contribution in [1.82, 2.24) is 0 Å². The molecule has 2 aromatic carbocycles. The summed E-state index contributed by atoms with van der Waals surface area (Å²) < 4.78 is 0.961. The fourth-order valence-corrected chi connectivity index (χ4v) is 2.45. The van der Waals surface area contributed by atoms with Gasteiger partial charge in [0.25, 0.3) is 5.91 Å². The molecule has 4 nitrogen and oxygen atoms in total. The Balaban J connectivity index is 1.98. The van der Waals surface area contributed by atoms with Gasteiger partial charge in [-0.2, -0.15) is 5.26 Å². The van der Waals surface area contributed by atoms with Crippen LogP contribution in [0.15, 0.2) is 64.8 Å². The third-order valence-corrected chi connectivity index (χ3v) is 4.15. The first-order chi connectivity index (χ1) is 12.1. The zero-order valence-corrected chi connectivity index (χ0v) is 15.6. The van der Waals surface area contributed by atoms with Crippen LogP contribution in [0.2, 0.25) is 0 Å². The summed E-state index contributed by atoms with van der Waals surface area (Å²) in [5, 5.41) is 14.9. The molecule has 2 N–H and O–H groups in total. The molecule has 0 aliphatic rings. The van der Waals surface area contributed by atoms with Crippen molar-refractivity contribution in [1.29, 1.82) is 5.26 Å². The minimum atomic E-state index is -0.437. The molecular formula is C20H20BrN3O. The van der Waals surface area contributed by atoms with Crippen molar-refractivity contribution >= 4 is 33.2 Å². The second-order valence-corrected chi connectivity index (χ2v) is 6.49. The summed E-state index contributed by atoms with van der Waals surface area (Å²) in [7, 11) is 0. The van der Waals surface area contributed by atoms with Crippen molar-refractivity contribution in [3.63, 3.8) is 0 Å². The van der Waals surface area contributed by atoms with Crippen LogP contribution >= 0.6 is 15.9 Å². The molecule has 0 radical (unpaired) electrons. The van der Waals surface area contributed by atoms with E-state index in [0.717, 1.165) is 29.4 Å². The lowest BCUT2D eigenvalue weighted by Gasteiger charge is -2.07. The molecule has 0 aliphatic heterocycles. The normalized spacial score (nSPS) is 10.8. The number of benzene rings is 2. The summed E-state index contributed by atoms with van der Waals surface area (Å²) >= 11 is 3.36. The highest BCUT2D eigenvalue weighted by molar-refractivity contribution is 9.10. The van der Waals surface area contributed by atoms with E-state index in [9.17, 15) is 10.1 Å². The van der Waals surface area contributed by atoms with Crippen molar-refractivity contribution in [3.8, 4) is 6.07 Å². The molecule has 5 heteroatoms. The van der Waals surface area contributed by atoms with Gasteiger partial charge in [0.05, 0.1) is 0 Å². The average Bonchev–Trinajstić information content (AvgIpc) is 2.63. The highest BCUT2D eigenvalue weighted by Crippen LogP contribution is 2.15. The highest BCUT2D eigenvalue weighted by atomic mass is 79.9. The number of nitriles is 1. The third kappa shape index (κ3) is 6.09. The Labute approximate surface area is 156 Å². The number of unbranched alkanes of at least 4 members (excludes halogenated alkanes) is 1. The van der Waals surface area contributed by atoms with E-state index in [-0.39, 0.29) is 5.57 Å². The van der Waals surface area contributed by atoms with E-state index in [1.54, 1.807) is 0 Å². The molecule has 128 valence electrons. The zero-order chi connectivity index (χ0) is 18.1. The molecule has 0 aromatic heterocycles. The van der Waals surface area contributed by atoms with E-state index >= 15 is 0 Å². The molecule has 0 saturated carbocycles. The fraction of sp³-hybridized carbons (Fsp3) is 0.200. The molecule has 0 bridgehead atoms. The number of hydrogen-bond acceptors (Lipinski definition) is 3. The van der Waals surface area contributed by atoms with Gasteiger partial charge in [-0.1, -0.05) is 41.4 Å². The van der Waals surface area contributed by atoms with E-state index in [4.69, 9.17) is 0 Å². The molecule has 25 heavy (non-hydrogen) atoms. The smallest absolute Gasteiger partial charge is 0.267 e. The maximum absolute atomic E-state index is 12.2. The molecular weight excluding hydrogens is 378 g/mol. The number of nitrogens with one attached hydrogen (secondary N) is 2. The van der Waals surface area contributed by atoms with Gasteiger partial charge in [-0.05, 0) is 54.8 Å². The Kier molecular flexibility index (Phi) is 7.24. The number of halogens is 1. The van der Waals surface area contributed by atoms with Crippen LogP contribution in [0, 0.1) is 11.3 Å². The van der Waals surface area contributed by atoms with Crippen LogP contribution in [-0.4, -0.2) is 5.91 Å². The third-order valence-electron chi connectivity index (χ3n) is 3.62. The largest absolute Gasteiger partial charge is 0.360 e. The summed E-state index contributed by atoms with van der Waals surface area (Å²) in [5.41, 5.74) is 2.73. The summed E-state index contributed by atoms with van der Waals surface area (Å²) in [5.74, 6) is -0.437. The van der Waals surface area contributed by atoms with E-state index in [1.807, 2.05) is 54.6 Å². The predicted octanol–water partition coefficient (Wildman–Crippen LogP) is 5.25. The Morgan fingerprint density at radius 1 is 1.12 bits per heavy atom. The van der Waals surface area contributed by atoms with Crippen LogP contribution in [0.4, 0.5) is 11.4 Å². The minimum absolute atomic E-state index is 0.0120. The molecule has 0 saturated heterocycles. The van der Waals surface area contributed by atoms with Crippen LogP contribution in [0.1, 0.15) is 25.3 Å². The Morgan fingerprint density at radius 3 is 2.36 bits per heavy atom. The number of carbonyl (C=O) groups excluding carboxylic acids is 1. The summed E-state index contributed by atoms with van der Waals surface area (Å²) in [4.78, 5) is 12.2. The molecule has 0 fully saturated rings. The van der Waals surface area contributed by atoms with Crippen molar-refractivity contribution in [2.75, 3.05) is 10.6 Å². The summed E-state index contributed by atoms with van der Waals surface area (Å²) in [6, 6.07) is 17.1. The number of aryl methyl sites for hydroxylation is 1. The lowest BCUT2D eigenvalue weighted by molar-refractivity contribution is -0.112. The molecule has 1 amide bonds.